The second kappa shape index (κ2) is 7.30. The molecule has 0 bridgehead atoms. The number of benzene rings is 4. The summed E-state index contributed by atoms with van der Waals surface area (Å²) < 4.78 is 6.40. The molecule has 6 rings (SSSR count). The number of hydrogen-bond donors (Lipinski definition) is 0. The maximum Gasteiger partial charge on any atom is 0.215 e. The van der Waals surface area contributed by atoms with Crippen LogP contribution in [0.5, 0.6) is 5.75 Å². The second-order valence-corrected chi connectivity index (χ2v) is 8.73. The van der Waals surface area contributed by atoms with E-state index >= 15 is 0 Å². The lowest BCUT2D eigenvalue weighted by molar-refractivity contribution is -0.0189. The minimum atomic E-state index is -0.398. The first kappa shape index (κ1) is 18.7. The summed E-state index contributed by atoms with van der Waals surface area (Å²) in [4.78, 5) is 0. The average molecular weight is 445 g/mol. The molecule has 0 radical (unpaired) electrons. The molecule has 2 aliphatic rings. The fourth-order valence-electron chi connectivity index (χ4n) is 4.48. The van der Waals surface area contributed by atoms with Crippen LogP contribution in [0, 0.1) is 0 Å². The fourth-order valence-corrected chi connectivity index (χ4v) is 4.89. The molecule has 152 valence electrons. The minimum absolute atomic E-state index is 0.0326. The van der Waals surface area contributed by atoms with Crippen molar-refractivity contribution in [2.24, 2.45) is 5.10 Å². The molecule has 2 unspecified atom stereocenters. The number of hydrazone groups is 1. The first-order valence-corrected chi connectivity index (χ1v) is 11.0. The summed E-state index contributed by atoms with van der Waals surface area (Å²) in [7, 11) is 0. The SMILES string of the molecule is Clc1ccc2c(c1)C1CC(c3ccc4ccccc4c3)=NN1C(c1ccccc1Cl)O2. The number of halogens is 2. The van der Waals surface area contributed by atoms with Gasteiger partial charge in [-0.15, -0.1) is 0 Å². The molecule has 0 aliphatic carbocycles. The molecule has 2 heterocycles. The molecule has 4 aromatic carbocycles. The van der Waals surface area contributed by atoms with Gasteiger partial charge in [0, 0.05) is 27.6 Å². The van der Waals surface area contributed by atoms with E-state index in [0.29, 0.717) is 10.0 Å². The lowest BCUT2D eigenvalue weighted by Gasteiger charge is -2.38. The Morgan fingerprint density at radius 1 is 0.806 bits per heavy atom. The monoisotopic (exact) mass is 444 g/mol. The van der Waals surface area contributed by atoms with Crippen LogP contribution in [0.2, 0.25) is 10.0 Å². The zero-order valence-electron chi connectivity index (χ0n) is 16.5. The maximum atomic E-state index is 6.54. The van der Waals surface area contributed by atoms with Gasteiger partial charge in [-0.1, -0.05) is 77.8 Å². The van der Waals surface area contributed by atoms with Crippen molar-refractivity contribution in [3.05, 3.63) is 112 Å². The van der Waals surface area contributed by atoms with Crippen molar-refractivity contribution < 1.29 is 4.74 Å². The zero-order chi connectivity index (χ0) is 20.9. The van der Waals surface area contributed by atoms with Gasteiger partial charge in [0.05, 0.1) is 11.8 Å². The van der Waals surface area contributed by atoms with Crippen LogP contribution in [0.25, 0.3) is 10.8 Å². The average Bonchev–Trinajstić information content (AvgIpc) is 3.25. The highest BCUT2D eigenvalue weighted by Crippen LogP contribution is 2.49. The molecule has 0 aromatic heterocycles. The Labute approximate surface area is 190 Å². The molecular weight excluding hydrogens is 427 g/mol. The predicted octanol–water partition coefficient (Wildman–Crippen LogP) is 7.39. The third-order valence-electron chi connectivity index (χ3n) is 6.01. The number of nitrogens with zero attached hydrogens (tertiary/aromatic N) is 2. The van der Waals surface area contributed by atoms with Crippen LogP contribution in [0.4, 0.5) is 0 Å². The van der Waals surface area contributed by atoms with E-state index in [2.05, 4.69) is 42.5 Å². The molecule has 3 nitrogen and oxygen atoms in total. The summed E-state index contributed by atoms with van der Waals surface area (Å²) in [6.45, 7) is 0. The quantitative estimate of drug-likeness (QED) is 0.321. The number of rotatable bonds is 2. The van der Waals surface area contributed by atoms with E-state index in [1.165, 1.54) is 10.8 Å². The first-order chi connectivity index (χ1) is 15.2. The van der Waals surface area contributed by atoms with Gasteiger partial charge in [0.15, 0.2) is 0 Å². The van der Waals surface area contributed by atoms with Crippen LogP contribution in [0.15, 0.2) is 90.0 Å². The molecule has 2 atom stereocenters. The minimum Gasteiger partial charge on any atom is -0.464 e. The Morgan fingerprint density at radius 3 is 2.48 bits per heavy atom. The molecular formula is C26H18Cl2N2O. The van der Waals surface area contributed by atoms with Crippen LogP contribution in [0.3, 0.4) is 0 Å². The van der Waals surface area contributed by atoms with Gasteiger partial charge in [-0.3, -0.25) is 0 Å². The van der Waals surface area contributed by atoms with E-state index in [4.69, 9.17) is 33.0 Å². The van der Waals surface area contributed by atoms with E-state index in [1.54, 1.807) is 0 Å². The Bertz CT molecular complexity index is 1350. The van der Waals surface area contributed by atoms with E-state index in [9.17, 15) is 0 Å². The lowest BCUT2D eigenvalue weighted by atomic mass is 9.95. The topological polar surface area (TPSA) is 24.8 Å². The third-order valence-corrected chi connectivity index (χ3v) is 6.59. The van der Waals surface area contributed by atoms with Crippen LogP contribution in [-0.2, 0) is 0 Å². The van der Waals surface area contributed by atoms with Crippen molar-refractivity contribution in [3.63, 3.8) is 0 Å². The Morgan fingerprint density at radius 2 is 1.61 bits per heavy atom. The summed E-state index contributed by atoms with van der Waals surface area (Å²) in [6, 6.07) is 28.5. The van der Waals surface area contributed by atoms with Crippen molar-refractivity contribution in [1.82, 2.24) is 5.01 Å². The molecule has 0 amide bonds. The predicted molar refractivity (Wildman–Crippen MR) is 126 cm³/mol. The lowest BCUT2D eigenvalue weighted by Crippen LogP contribution is -2.33. The van der Waals surface area contributed by atoms with Crippen molar-refractivity contribution in [2.75, 3.05) is 0 Å². The van der Waals surface area contributed by atoms with Gasteiger partial charge in [0.1, 0.15) is 5.75 Å². The molecule has 2 aliphatic heterocycles. The van der Waals surface area contributed by atoms with Gasteiger partial charge in [-0.05, 0) is 46.7 Å². The molecule has 4 aromatic rings. The van der Waals surface area contributed by atoms with E-state index in [1.807, 2.05) is 47.5 Å². The second-order valence-electron chi connectivity index (χ2n) is 7.88. The van der Waals surface area contributed by atoms with Gasteiger partial charge >= 0.3 is 0 Å². The molecule has 0 spiro atoms. The molecule has 0 saturated heterocycles. The number of fused-ring (bicyclic) bond motifs is 4. The molecule has 31 heavy (non-hydrogen) atoms. The van der Waals surface area contributed by atoms with Gasteiger partial charge in [0.2, 0.25) is 6.23 Å². The molecule has 5 heteroatoms. The highest BCUT2D eigenvalue weighted by atomic mass is 35.5. The highest BCUT2D eigenvalue weighted by Gasteiger charge is 2.41. The first-order valence-electron chi connectivity index (χ1n) is 10.2. The van der Waals surface area contributed by atoms with Gasteiger partial charge in [-0.2, -0.15) is 5.10 Å². The largest absolute Gasteiger partial charge is 0.464 e. The standard InChI is InChI=1S/C26H18Cl2N2O/c27-19-11-12-25-21(14-19)24-15-23(18-10-9-16-5-1-2-6-17(16)13-18)29-30(24)26(31-25)20-7-3-4-8-22(20)28/h1-14,24,26H,15H2. The van der Waals surface area contributed by atoms with Gasteiger partial charge in [0.25, 0.3) is 0 Å². The smallest absolute Gasteiger partial charge is 0.215 e. The Balaban J connectivity index is 1.47. The van der Waals surface area contributed by atoms with Crippen LogP contribution in [0.1, 0.15) is 35.4 Å². The van der Waals surface area contributed by atoms with Crippen LogP contribution >= 0.6 is 23.2 Å². The zero-order valence-corrected chi connectivity index (χ0v) is 18.0. The van der Waals surface area contributed by atoms with Crippen molar-refractivity contribution >= 4 is 39.7 Å². The van der Waals surface area contributed by atoms with Crippen molar-refractivity contribution in [2.45, 2.75) is 18.7 Å². The highest BCUT2D eigenvalue weighted by molar-refractivity contribution is 6.31. The Hall–Kier alpha value is -3.01. The van der Waals surface area contributed by atoms with Gasteiger partial charge in [-0.25, -0.2) is 5.01 Å². The summed E-state index contributed by atoms with van der Waals surface area (Å²) in [5, 5.41) is 10.9. The summed E-state index contributed by atoms with van der Waals surface area (Å²) in [6.07, 6.45) is 0.376. The molecule has 0 N–H and O–H groups in total. The van der Waals surface area contributed by atoms with Gasteiger partial charge < -0.3 is 4.74 Å². The van der Waals surface area contributed by atoms with Crippen LogP contribution < -0.4 is 4.74 Å². The fraction of sp³-hybridized carbons (Fsp3) is 0.115. The number of ether oxygens (including phenoxy) is 1. The third kappa shape index (κ3) is 3.16. The summed E-state index contributed by atoms with van der Waals surface area (Å²) >= 11 is 12.9. The van der Waals surface area contributed by atoms with E-state index < -0.39 is 6.23 Å². The molecule has 0 fully saturated rings. The maximum absolute atomic E-state index is 6.54. The van der Waals surface area contributed by atoms with E-state index in [0.717, 1.165) is 34.6 Å². The summed E-state index contributed by atoms with van der Waals surface area (Å²) in [5.41, 5.74) is 4.10. The normalized spacial score (nSPS) is 19.5. The van der Waals surface area contributed by atoms with Crippen molar-refractivity contribution in [1.29, 1.82) is 0 Å². The summed E-state index contributed by atoms with van der Waals surface area (Å²) in [5.74, 6) is 0.825. The van der Waals surface area contributed by atoms with Crippen LogP contribution in [-0.4, -0.2) is 10.7 Å². The Kier molecular flexibility index (Phi) is 4.41. The van der Waals surface area contributed by atoms with Crippen molar-refractivity contribution in [3.8, 4) is 5.75 Å². The van der Waals surface area contributed by atoms with E-state index in [-0.39, 0.29) is 6.04 Å². The number of hydrogen-bond acceptors (Lipinski definition) is 3. The molecule has 0 saturated carbocycles.